The molecular weight excluding hydrogens is 284 g/mol. The van der Waals surface area contributed by atoms with Gasteiger partial charge in [-0.3, -0.25) is 9.69 Å². The number of ether oxygens (including phenoxy) is 1. The van der Waals surface area contributed by atoms with Crippen molar-refractivity contribution in [3.63, 3.8) is 0 Å². The lowest BCUT2D eigenvalue weighted by molar-refractivity contribution is -0.123. The highest BCUT2D eigenvalue weighted by Gasteiger charge is 2.36. The first-order valence-corrected chi connectivity index (χ1v) is 7.99. The topological polar surface area (TPSA) is 79.6 Å². The Hall–Kier alpha value is -1.44. The van der Waals surface area contributed by atoms with Crippen molar-refractivity contribution in [1.29, 1.82) is 0 Å². The van der Waals surface area contributed by atoms with Crippen LogP contribution >= 0.6 is 0 Å². The van der Waals surface area contributed by atoms with Crippen LogP contribution in [0, 0.1) is 0 Å². The number of nitrogens with one attached hydrogen (secondary N) is 1. The molecule has 1 aromatic heterocycles. The number of morpholine rings is 1. The molecule has 0 radical (unpaired) electrons. The number of aliphatic hydroxyl groups is 1. The molecule has 0 unspecified atom stereocenters. The summed E-state index contributed by atoms with van der Waals surface area (Å²) in [5.41, 5.74) is 0. The molecule has 1 aromatic rings. The molecule has 7 nitrogen and oxygen atoms in total. The summed E-state index contributed by atoms with van der Waals surface area (Å²) in [7, 11) is 0. The lowest BCUT2D eigenvalue weighted by atomic mass is 10.1. The van der Waals surface area contributed by atoms with Gasteiger partial charge in [0.1, 0.15) is 0 Å². The molecule has 0 spiro atoms. The van der Waals surface area contributed by atoms with Crippen LogP contribution in [0.3, 0.4) is 0 Å². The molecule has 22 heavy (non-hydrogen) atoms. The highest BCUT2D eigenvalue weighted by atomic mass is 16.5. The zero-order valence-corrected chi connectivity index (χ0v) is 12.7. The van der Waals surface area contributed by atoms with Gasteiger partial charge in [-0.1, -0.05) is 0 Å². The Labute approximate surface area is 130 Å². The van der Waals surface area contributed by atoms with Gasteiger partial charge in [0.25, 0.3) is 0 Å². The summed E-state index contributed by atoms with van der Waals surface area (Å²) in [4.78, 5) is 18.3. The highest BCUT2D eigenvalue weighted by molar-refractivity contribution is 5.76. The average molecular weight is 308 g/mol. The third-order valence-electron chi connectivity index (χ3n) is 4.59. The fraction of sp³-hybridized carbons (Fsp3) is 0.733. The van der Waals surface area contributed by atoms with Gasteiger partial charge in [-0.05, 0) is 12.8 Å². The number of hydrogen-bond acceptors (Lipinski definition) is 5. The van der Waals surface area contributed by atoms with Gasteiger partial charge in [-0.15, -0.1) is 0 Å². The lowest BCUT2D eigenvalue weighted by Crippen LogP contribution is -2.44. The smallest absolute Gasteiger partial charge is 0.221 e. The van der Waals surface area contributed by atoms with Gasteiger partial charge < -0.3 is 19.7 Å². The molecule has 0 aromatic carbocycles. The van der Waals surface area contributed by atoms with Crippen molar-refractivity contribution >= 4 is 5.91 Å². The quantitative estimate of drug-likeness (QED) is 0.786. The third-order valence-corrected chi connectivity index (χ3v) is 4.59. The second kappa shape index (κ2) is 7.21. The molecule has 2 aliphatic rings. The van der Waals surface area contributed by atoms with Crippen LogP contribution in [0.4, 0.5) is 0 Å². The zero-order chi connectivity index (χ0) is 15.4. The number of hydrogen-bond donors (Lipinski definition) is 2. The summed E-state index contributed by atoms with van der Waals surface area (Å²) in [6.07, 6.45) is 6.85. The van der Waals surface area contributed by atoms with Crippen molar-refractivity contribution in [2.45, 2.75) is 37.5 Å². The average Bonchev–Trinajstić information content (AvgIpc) is 3.17. The first kappa shape index (κ1) is 15.5. The summed E-state index contributed by atoms with van der Waals surface area (Å²) in [5, 5.41) is 13.4. The zero-order valence-electron chi connectivity index (χ0n) is 12.7. The van der Waals surface area contributed by atoms with Crippen molar-refractivity contribution in [2.24, 2.45) is 0 Å². The predicted octanol–water partition coefficient (Wildman–Crippen LogP) is -0.214. The molecule has 3 atom stereocenters. The van der Waals surface area contributed by atoms with Crippen LogP contribution in [0.1, 0.15) is 25.3 Å². The number of aliphatic hydroxyl groups excluding tert-OH is 1. The van der Waals surface area contributed by atoms with Gasteiger partial charge >= 0.3 is 0 Å². The van der Waals surface area contributed by atoms with E-state index in [1.807, 2.05) is 10.8 Å². The van der Waals surface area contributed by atoms with Gasteiger partial charge in [0, 0.05) is 38.4 Å². The van der Waals surface area contributed by atoms with Gasteiger partial charge in [0.15, 0.2) is 0 Å². The Balaban J connectivity index is 1.43. The van der Waals surface area contributed by atoms with Crippen LogP contribution in [0.15, 0.2) is 18.7 Å². The molecule has 2 fully saturated rings. The van der Waals surface area contributed by atoms with Crippen molar-refractivity contribution in [1.82, 2.24) is 19.8 Å². The molecule has 2 N–H and O–H groups in total. The molecule has 0 bridgehead atoms. The molecule has 3 rings (SSSR count). The number of carbonyl (C=O) groups excluding carboxylic acids is 1. The Kier molecular flexibility index (Phi) is 5.07. The maximum atomic E-state index is 12.1. The largest absolute Gasteiger partial charge is 0.389 e. The number of rotatable bonds is 5. The number of nitrogens with zero attached hydrogens (tertiary/aromatic N) is 3. The summed E-state index contributed by atoms with van der Waals surface area (Å²) in [5.74, 6) is 0.0156. The Morgan fingerprint density at radius 2 is 2.18 bits per heavy atom. The molecular formula is C15H24N4O3. The van der Waals surface area contributed by atoms with E-state index < -0.39 is 6.10 Å². The summed E-state index contributed by atoms with van der Waals surface area (Å²) >= 11 is 0. The maximum absolute atomic E-state index is 12.1. The number of imidazole rings is 1. The van der Waals surface area contributed by atoms with E-state index in [2.05, 4.69) is 15.2 Å². The first-order chi connectivity index (χ1) is 10.7. The van der Waals surface area contributed by atoms with Crippen LogP contribution in [0.5, 0.6) is 0 Å². The molecule has 1 saturated carbocycles. The molecule has 1 amide bonds. The Bertz CT molecular complexity index is 473. The van der Waals surface area contributed by atoms with Gasteiger partial charge in [0.2, 0.25) is 5.91 Å². The standard InChI is InChI=1S/C15H24N4O3/c20-14(3-5-18-7-9-22-10-8-18)17-12-1-2-13(15(12)21)19-6-4-16-11-19/h4,6,11-13,15,21H,1-3,5,7-10H2,(H,17,20)/t12-,13-,15-/m1/s1. The number of amides is 1. The van der Waals surface area contributed by atoms with E-state index >= 15 is 0 Å². The maximum Gasteiger partial charge on any atom is 0.221 e. The first-order valence-electron chi connectivity index (χ1n) is 7.99. The normalized spacial score (nSPS) is 29.6. The molecule has 7 heteroatoms. The summed E-state index contributed by atoms with van der Waals surface area (Å²) in [6.45, 7) is 4.03. The Morgan fingerprint density at radius 3 is 2.91 bits per heavy atom. The van der Waals surface area contributed by atoms with E-state index in [0.29, 0.717) is 6.42 Å². The molecule has 1 aliphatic carbocycles. The molecule has 1 aliphatic heterocycles. The third kappa shape index (κ3) is 3.66. The second-order valence-corrected chi connectivity index (χ2v) is 6.02. The van der Waals surface area contributed by atoms with Crippen molar-refractivity contribution in [2.75, 3.05) is 32.8 Å². The summed E-state index contributed by atoms with van der Waals surface area (Å²) in [6, 6.07) is -0.156. The lowest BCUT2D eigenvalue weighted by Gasteiger charge is -2.26. The van der Waals surface area contributed by atoms with Crippen LogP contribution in [-0.2, 0) is 9.53 Å². The van der Waals surface area contributed by atoms with Gasteiger partial charge in [0.05, 0.1) is 37.7 Å². The molecule has 2 heterocycles. The summed E-state index contributed by atoms with van der Waals surface area (Å²) < 4.78 is 7.21. The van der Waals surface area contributed by atoms with E-state index in [-0.39, 0.29) is 18.0 Å². The van der Waals surface area contributed by atoms with Gasteiger partial charge in [-0.2, -0.15) is 0 Å². The van der Waals surface area contributed by atoms with Crippen LogP contribution in [0.2, 0.25) is 0 Å². The second-order valence-electron chi connectivity index (χ2n) is 6.02. The fourth-order valence-electron chi connectivity index (χ4n) is 3.27. The van der Waals surface area contributed by atoms with Crippen molar-refractivity contribution in [3.8, 4) is 0 Å². The Morgan fingerprint density at radius 1 is 1.36 bits per heavy atom. The predicted molar refractivity (Wildman–Crippen MR) is 80.3 cm³/mol. The van der Waals surface area contributed by atoms with Gasteiger partial charge in [-0.25, -0.2) is 4.98 Å². The minimum Gasteiger partial charge on any atom is -0.389 e. The van der Waals surface area contributed by atoms with E-state index in [1.54, 1.807) is 12.5 Å². The van der Waals surface area contributed by atoms with Crippen molar-refractivity contribution < 1.29 is 14.6 Å². The van der Waals surface area contributed by atoms with E-state index in [4.69, 9.17) is 4.74 Å². The fourth-order valence-corrected chi connectivity index (χ4v) is 3.27. The SMILES string of the molecule is O=C(CCN1CCOCC1)N[C@@H]1CC[C@@H](n2ccnc2)[C@@H]1O. The number of aromatic nitrogens is 2. The highest BCUT2D eigenvalue weighted by Crippen LogP contribution is 2.30. The van der Waals surface area contributed by atoms with E-state index in [0.717, 1.165) is 45.7 Å². The van der Waals surface area contributed by atoms with E-state index in [9.17, 15) is 9.90 Å². The van der Waals surface area contributed by atoms with Crippen LogP contribution < -0.4 is 5.32 Å². The van der Waals surface area contributed by atoms with Crippen LogP contribution in [0.25, 0.3) is 0 Å². The van der Waals surface area contributed by atoms with E-state index in [1.165, 1.54) is 0 Å². The van der Waals surface area contributed by atoms with Crippen LogP contribution in [-0.4, -0.2) is 70.5 Å². The van der Waals surface area contributed by atoms with Crippen molar-refractivity contribution in [3.05, 3.63) is 18.7 Å². The minimum absolute atomic E-state index is 0.00652. The minimum atomic E-state index is -0.554. The molecule has 1 saturated heterocycles. The monoisotopic (exact) mass is 308 g/mol. The molecule has 122 valence electrons. The number of carbonyl (C=O) groups is 1.